The number of nitrogens with zero attached hydrogens (tertiary/aromatic N) is 2. The Morgan fingerprint density at radius 3 is 3.00 bits per heavy atom. The van der Waals surface area contributed by atoms with Crippen LogP contribution in [-0.4, -0.2) is 48.2 Å². The Balaban J connectivity index is 0.00000200. The summed E-state index contributed by atoms with van der Waals surface area (Å²) >= 11 is 1.73. The van der Waals surface area contributed by atoms with Crippen molar-refractivity contribution in [1.29, 1.82) is 0 Å². The normalized spacial score (nSPS) is 20.6. The minimum atomic E-state index is -0.210. The highest BCUT2D eigenvalue weighted by atomic mass is 127. The van der Waals surface area contributed by atoms with E-state index in [0.29, 0.717) is 12.5 Å². The minimum Gasteiger partial charge on any atom is -0.391 e. The topological polar surface area (TPSA) is 47.9 Å². The molecule has 20 heavy (non-hydrogen) atoms. The Kier molecular flexibility index (Phi) is 7.83. The summed E-state index contributed by atoms with van der Waals surface area (Å²) in [7, 11) is 0. The molecule has 0 spiro atoms. The molecule has 2 atom stereocenters. The first-order chi connectivity index (χ1) is 9.20. The largest absolute Gasteiger partial charge is 0.391 e. The van der Waals surface area contributed by atoms with Crippen molar-refractivity contribution in [3.63, 3.8) is 0 Å². The van der Waals surface area contributed by atoms with E-state index in [-0.39, 0.29) is 30.1 Å². The van der Waals surface area contributed by atoms with E-state index < -0.39 is 0 Å². The molecule has 1 aliphatic heterocycles. The first-order valence-electron chi connectivity index (χ1n) is 6.94. The monoisotopic (exact) mass is 409 g/mol. The lowest BCUT2D eigenvalue weighted by atomic mass is 10.1. The molecule has 2 N–H and O–H groups in total. The van der Waals surface area contributed by atoms with Gasteiger partial charge >= 0.3 is 0 Å². The molecular formula is C14H24IN3OS. The molecule has 6 heteroatoms. The van der Waals surface area contributed by atoms with Crippen LogP contribution >= 0.6 is 35.3 Å². The maximum Gasteiger partial charge on any atom is 0.194 e. The highest BCUT2D eigenvalue weighted by Gasteiger charge is 2.22. The maximum atomic E-state index is 9.62. The summed E-state index contributed by atoms with van der Waals surface area (Å²) in [6, 6.07) is 2.16. The second-order valence-electron chi connectivity index (χ2n) is 5.04. The van der Waals surface area contributed by atoms with Crippen LogP contribution in [0, 0.1) is 0 Å². The van der Waals surface area contributed by atoms with Crippen LogP contribution in [0.5, 0.6) is 0 Å². The molecule has 0 radical (unpaired) electrons. The third-order valence-electron chi connectivity index (χ3n) is 3.42. The van der Waals surface area contributed by atoms with Crippen LogP contribution in [0.4, 0.5) is 0 Å². The number of hydrogen-bond donors (Lipinski definition) is 2. The lowest BCUT2D eigenvalue weighted by Gasteiger charge is -2.21. The van der Waals surface area contributed by atoms with Gasteiger partial charge in [-0.15, -0.1) is 24.0 Å². The van der Waals surface area contributed by atoms with Crippen LogP contribution < -0.4 is 5.32 Å². The smallest absolute Gasteiger partial charge is 0.194 e. The molecule has 1 aliphatic rings. The summed E-state index contributed by atoms with van der Waals surface area (Å²) in [6.45, 7) is 7.50. The third-order valence-corrected chi connectivity index (χ3v) is 4.13. The molecule has 1 aromatic heterocycles. The Hall–Kier alpha value is -0.340. The summed E-state index contributed by atoms with van der Waals surface area (Å²) in [5, 5.41) is 17.2. The highest BCUT2D eigenvalue weighted by molar-refractivity contribution is 14.0. The van der Waals surface area contributed by atoms with E-state index in [1.807, 2.05) is 0 Å². The van der Waals surface area contributed by atoms with Gasteiger partial charge < -0.3 is 15.3 Å². The highest BCUT2D eigenvalue weighted by Crippen LogP contribution is 2.18. The Morgan fingerprint density at radius 2 is 2.45 bits per heavy atom. The number of nitrogens with one attached hydrogen (secondary N) is 1. The number of thiophene rings is 1. The number of likely N-dealkylation sites (tertiary alicyclic amines) is 1. The summed E-state index contributed by atoms with van der Waals surface area (Å²) in [5.74, 6) is 1.37. The lowest BCUT2D eigenvalue weighted by molar-refractivity contribution is 0.188. The molecule has 2 rings (SSSR count). The predicted molar refractivity (Wildman–Crippen MR) is 96.3 cm³/mol. The van der Waals surface area contributed by atoms with E-state index in [1.165, 1.54) is 5.56 Å². The molecule has 0 saturated carbocycles. The van der Waals surface area contributed by atoms with Crippen molar-refractivity contribution in [2.75, 3.05) is 26.2 Å². The number of aliphatic hydroxyl groups excluding tert-OH is 1. The molecule has 2 heterocycles. The second kappa shape index (κ2) is 8.84. The second-order valence-corrected chi connectivity index (χ2v) is 5.82. The molecule has 4 nitrogen and oxygen atoms in total. The first kappa shape index (κ1) is 17.7. The van der Waals surface area contributed by atoms with Gasteiger partial charge in [0.2, 0.25) is 0 Å². The van der Waals surface area contributed by atoms with Crippen molar-refractivity contribution in [2.24, 2.45) is 4.99 Å². The third kappa shape index (κ3) is 4.89. The van der Waals surface area contributed by atoms with Gasteiger partial charge in [-0.1, -0.05) is 6.92 Å². The number of guanidine groups is 1. The zero-order valence-corrected chi connectivity index (χ0v) is 15.2. The molecule has 1 saturated heterocycles. The molecule has 0 amide bonds. The molecule has 0 bridgehead atoms. The van der Waals surface area contributed by atoms with Gasteiger partial charge in [0.1, 0.15) is 0 Å². The number of aliphatic imine (C=N–C) groups is 1. The van der Waals surface area contributed by atoms with Gasteiger partial charge in [0.05, 0.1) is 6.10 Å². The van der Waals surface area contributed by atoms with Gasteiger partial charge in [-0.25, -0.2) is 0 Å². The van der Waals surface area contributed by atoms with Gasteiger partial charge in [-0.2, -0.15) is 11.3 Å². The van der Waals surface area contributed by atoms with E-state index in [1.54, 1.807) is 11.3 Å². The summed E-state index contributed by atoms with van der Waals surface area (Å²) < 4.78 is 0. The van der Waals surface area contributed by atoms with Crippen molar-refractivity contribution >= 4 is 41.3 Å². The fraction of sp³-hybridized carbons (Fsp3) is 0.643. The maximum absolute atomic E-state index is 9.62. The zero-order valence-electron chi connectivity index (χ0n) is 12.1. The van der Waals surface area contributed by atoms with Gasteiger partial charge in [-0.3, -0.25) is 4.99 Å². The molecule has 1 unspecified atom stereocenters. The van der Waals surface area contributed by atoms with Crippen LogP contribution in [0.1, 0.15) is 31.7 Å². The Labute approximate surface area is 142 Å². The Morgan fingerprint density at radius 1 is 1.65 bits per heavy atom. The molecule has 0 aliphatic carbocycles. The van der Waals surface area contributed by atoms with Crippen LogP contribution in [0.15, 0.2) is 21.8 Å². The molecular weight excluding hydrogens is 385 g/mol. The van der Waals surface area contributed by atoms with Crippen LogP contribution in [0.3, 0.4) is 0 Å². The predicted octanol–water partition coefficient (Wildman–Crippen LogP) is 2.50. The van der Waals surface area contributed by atoms with E-state index in [2.05, 4.69) is 40.9 Å². The zero-order chi connectivity index (χ0) is 13.7. The van der Waals surface area contributed by atoms with E-state index in [4.69, 9.17) is 4.99 Å². The molecule has 1 aromatic rings. The van der Waals surface area contributed by atoms with Gasteiger partial charge in [-0.05, 0) is 35.7 Å². The van der Waals surface area contributed by atoms with E-state index in [9.17, 15) is 5.11 Å². The van der Waals surface area contributed by atoms with Crippen molar-refractivity contribution in [2.45, 2.75) is 32.3 Å². The van der Waals surface area contributed by atoms with Gasteiger partial charge in [0.25, 0.3) is 0 Å². The quantitative estimate of drug-likeness (QED) is 0.457. The van der Waals surface area contributed by atoms with Crippen molar-refractivity contribution in [3.05, 3.63) is 22.4 Å². The number of rotatable bonds is 4. The molecule has 1 fully saturated rings. The first-order valence-corrected chi connectivity index (χ1v) is 7.88. The van der Waals surface area contributed by atoms with E-state index >= 15 is 0 Å². The average molecular weight is 409 g/mol. The lowest BCUT2D eigenvalue weighted by Crippen LogP contribution is -2.40. The standard InChI is InChI=1S/C14H23N3OS.HI/c1-3-15-14(17-6-4-13(18)9-17)16-8-11(2)12-5-7-19-10-12;/h5,7,10-11,13,18H,3-4,6,8-9H2,1-2H3,(H,15,16);1H/t11?,13-;/m1./s1. The summed E-state index contributed by atoms with van der Waals surface area (Å²) in [4.78, 5) is 6.86. The van der Waals surface area contributed by atoms with Crippen molar-refractivity contribution < 1.29 is 5.11 Å². The molecule has 0 aromatic carbocycles. The van der Waals surface area contributed by atoms with E-state index in [0.717, 1.165) is 32.0 Å². The fourth-order valence-corrected chi connectivity index (χ4v) is 3.03. The van der Waals surface area contributed by atoms with Crippen molar-refractivity contribution in [3.8, 4) is 0 Å². The van der Waals surface area contributed by atoms with Crippen molar-refractivity contribution in [1.82, 2.24) is 10.2 Å². The van der Waals surface area contributed by atoms with Crippen LogP contribution in [0.2, 0.25) is 0 Å². The summed E-state index contributed by atoms with van der Waals surface area (Å²) in [6.07, 6.45) is 0.628. The summed E-state index contributed by atoms with van der Waals surface area (Å²) in [5.41, 5.74) is 1.35. The minimum absolute atomic E-state index is 0. The molecule has 114 valence electrons. The van der Waals surface area contributed by atoms with Gasteiger partial charge in [0, 0.05) is 32.1 Å². The number of β-amino-alcohol motifs (C(OH)–C–C–N with tert-alkyl or cyclic N) is 1. The number of hydrogen-bond acceptors (Lipinski definition) is 3. The van der Waals surface area contributed by atoms with Crippen LogP contribution in [0.25, 0.3) is 0 Å². The number of halogens is 1. The SMILES string of the molecule is CCNC(=NCC(C)c1ccsc1)N1CC[C@@H](O)C1.I. The number of aliphatic hydroxyl groups is 1. The Bertz CT molecular complexity index is 411. The fourth-order valence-electron chi connectivity index (χ4n) is 2.24. The van der Waals surface area contributed by atoms with Gasteiger partial charge in [0.15, 0.2) is 5.96 Å². The average Bonchev–Trinajstić information content (AvgIpc) is 3.05. The van der Waals surface area contributed by atoms with Crippen LogP contribution in [-0.2, 0) is 0 Å².